The molecule has 0 bridgehead atoms. The summed E-state index contributed by atoms with van der Waals surface area (Å²) >= 11 is 1.05. The minimum Gasteiger partial charge on any atom is -0.460 e. The zero-order valence-corrected chi connectivity index (χ0v) is 19.6. The van der Waals surface area contributed by atoms with Crippen LogP contribution in [-0.2, 0) is 24.2 Å². The lowest BCUT2D eigenvalue weighted by molar-refractivity contribution is -0.137. The number of esters is 1. The van der Waals surface area contributed by atoms with Crippen LogP contribution in [0.3, 0.4) is 0 Å². The summed E-state index contributed by atoms with van der Waals surface area (Å²) in [5, 5.41) is 4.37. The molecule has 1 amide bonds. The first kappa shape index (κ1) is 24.1. The second-order valence-corrected chi connectivity index (χ2v) is 10.7. The molecule has 1 aromatic carbocycles. The van der Waals surface area contributed by atoms with E-state index >= 15 is 0 Å². The Morgan fingerprint density at radius 3 is 2.44 bits per heavy atom. The number of hydrogen-bond donors (Lipinski definition) is 1. The van der Waals surface area contributed by atoms with Crippen LogP contribution in [0, 0.1) is 5.92 Å². The average Bonchev–Trinajstić information content (AvgIpc) is 3.43. The van der Waals surface area contributed by atoms with Crippen LogP contribution in [0.5, 0.6) is 0 Å². The van der Waals surface area contributed by atoms with Gasteiger partial charge in [-0.3, -0.25) is 9.59 Å². The molecule has 1 fully saturated rings. The van der Waals surface area contributed by atoms with Crippen molar-refractivity contribution in [2.24, 2.45) is 5.92 Å². The Morgan fingerprint density at radius 1 is 1.19 bits per heavy atom. The number of carbonyl (C=O) groups excluding carboxylic acids is 3. The lowest BCUT2D eigenvalue weighted by Gasteiger charge is -2.20. The normalized spacial score (nSPS) is 15.3. The standard InChI is InChI=1S/C22H26N2O6S2/c1-3-30-21(27)19(25)18-13-31-22(23-18)24-20(26)17(12-14-6-4-5-7-14)15-8-10-16(11-9-15)32(2,28)29/h8-11,13-14,17H,3-7,12H2,1-2H3,(H,23,24,26). The molecule has 1 N–H and O–H groups in total. The van der Waals surface area contributed by atoms with E-state index in [-0.39, 0.29) is 28.2 Å². The van der Waals surface area contributed by atoms with Gasteiger partial charge in [-0.25, -0.2) is 18.2 Å². The highest BCUT2D eigenvalue weighted by Crippen LogP contribution is 2.35. The van der Waals surface area contributed by atoms with E-state index in [1.165, 1.54) is 17.5 Å². The lowest BCUT2D eigenvalue weighted by Crippen LogP contribution is -2.23. The fourth-order valence-corrected chi connectivity index (χ4v) is 5.17. The lowest BCUT2D eigenvalue weighted by atomic mass is 9.87. The zero-order valence-electron chi connectivity index (χ0n) is 18.0. The molecule has 1 atom stereocenters. The number of nitrogens with zero attached hydrogens (tertiary/aromatic N) is 1. The van der Waals surface area contributed by atoms with Gasteiger partial charge in [0, 0.05) is 11.6 Å². The molecule has 3 rings (SSSR count). The number of sulfone groups is 1. The first-order valence-corrected chi connectivity index (χ1v) is 13.2. The van der Waals surface area contributed by atoms with Crippen LogP contribution >= 0.6 is 11.3 Å². The predicted molar refractivity (Wildman–Crippen MR) is 121 cm³/mol. The topological polar surface area (TPSA) is 119 Å². The SMILES string of the molecule is CCOC(=O)C(=O)c1csc(NC(=O)C(CC2CCCC2)c2ccc(S(C)(=O)=O)cc2)n1. The fourth-order valence-electron chi connectivity index (χ4n) is 3.85. The quantitative estimate of drug-likeness (QED) is 0.332. The zero-order chi connectivity index (χ0) is 23.3. The van der Waals surface area contributed by atoms with Gasteiger partial charge in [-0.05, 0) is 37.0 Å². The number of aromatic nitrogens is 1. The Hall–Kier alpha value is -2.59. The van der Waals surface area contributed by atoms with Crippen LogP contribution in [0.2, 0.25) is 0 Å². The summed E-state index contributed by atoms with van der Waals surface area (Å²) in [6.45, 7) is 1.68. The molecule has 2 aromatic rings. The summed E-state index contributed by atoms with van der Waals surface area (Å²) in [4.78, 5) is 41.1. The van der Waals surface area contributed by atoms with E-state index in [9.17, 15) is 22.8 Å². The molecule has 1 aliphatic carbocycles. The molecule has 8 nitrogen and oxygen atoms in total. The molecular weight excluding hydrogens is 452 g/mol. The highest BCUT2D eigenvalue weighted by atomic mass is 32.2. The summed E-state index contributed by atoms with van der Waals surface area (Å²) in [7, 11) is -3.33. The van der Waals surface area contributed by atoms with Crippen LogP contribution in [-0.4, -0.2) is 43.9 Å². The first-order chi connectivity index (χ1) is 15.2. The third kappa shape index (κ3) is 6.01. The largest absolute Gasteiger partial charge is 0.460 e. The molecule has 0 radical (unpaired) electrons. The number of rotatable bonds is 9. The van der Waals surface area contributed by atoms with Crippen molar-refractivity contribution in [3.05, 3.63) is 40.9 Å². The Morgan fingerprint density at radius 2 is 1.84 bits per heavy atom. The van der Waals surface area contributed by atoms with E-state index in [4.69, 9.17) is 4.74 Å². The molecule has 1 unspecified atom stereocenters. The molecule has 32 heavy (non-hydrogen) atoms. The monoisotopic (exact) mass is 478 g/mol. The maximum absolute atomic E-state index is 13.2. The number of anilines is 1. The van der Waals surface area contributed by atoms with Crippen molar-refractivity contribution in [2.75, 3.05) is 18.2 Å². The summed E-state index contributed by atoms with van der Waals surface area (Å²) < 4.78 is 28.2. The van der Waals surface area contributed by atoms with Gasteiger partial charge in [0.2, 0.25) is 5.91 Å². The molecule has 1 aliphatic rings. The van der Waals surface area contributed by atoms with Gasteiger partial charge >= 0.3 is 5.97 Å². The van der Waals surface area contributed by atoms with Crippen LogP contribution < -0.4 is 5.32 Å². The smallest absolute Gasteiger partial charge is 0.381 e. The number of Topliss-reactive ketones (excluding diaryl/α,β-unsaturated/α-hetero) is 1. The van der Waals surface area contributed by atoms with E-state index in [2.05, 4.69) is 10.3 Å². The number of nitrogens with one attached hydrogen (secondary N) is 1. The maximum atomic E-state index is 13.2. The Balaban J connectivity index is 1.78. The van der Waals surface area contributed by atoms with Crippen molar-refractivity contribution in [1.82, 2.24) is 4.98 Å². The van der Waals surface area contributed by atoms with Crippen molar-refractivity contribution >= 4 is 44.0 Å². The molecule has 1 saturated carbocycles. The second kappa shape index (κ2) is 10.4. The number of carbonyl (C=O) groups is 3. The molecule has 0 saturated heterocycles. The van der Waals surface area contributed by atoms with Gasteiger partial charge in [-0.2, -0.15) is 0 Å². The highest BCUT2D eigenvalue weighted by molar-refractivity contribution is 7.90. The number of ether oxygens (including phenoxy) is 1. The number of hydrogen-bond acceptors (Lipinski definition) is 8. The molecule has 0 spiro atoms. The van der Waals surface area contributed by atoms with Gasteiger partial charge in [0.15, 0.2) is 15.0 Å². The van der Waals surface area contributed by atoms with Crippen molar-refractivity contribution in [2.45, 2.75) is 49.8 Å². The van der Waals surface area contributed by atoms with Gasteiger partial charge in [0.1, 0.15) is 5.69 Å². The number of benzene rings is 1. The van der Waals surface area contributed by atoms with Crippen LogP contribution in [0.15, 0.2) is 34.5 Å². The summed E-state index contributed by atoms with van der Waals surface area (Å²) in [5.74, 6) is -2.20. The molecule has 172 valence electrons. The second-order valence-electron chi connectivity index (χ2n) is 7.86. The number of amides is 1. The average molecular weight is 479 g/mol. The van der Waals surface area contributed by atoms with Crippen molar-refractivity contribution in [1.29, 1.82) is 0 Å². The van der Waals surface area contributed by atoms with Gasteiger partial charge < -0.3 is 10.1 Å². The van der Waals surface area contributed by atoms with Crippen LogP contribution in [0.25, 0.3) is 0 Å². The van der Waals surface area contributed by atoms with E-state index in [0.717, 1.165) is 48.8 Å². The third-order valence-electron chi connectivity index (χ3n) is 5.50. The van der Waals surface area contributed by atoms with Gasteiger partial charge in [0.25, 0.3) is 5.78 Å². The number of ketones is 1. The van der Waals surface area contributed by atoms with E-state index < -0.39 is 27.5 Å². The molecule has 1 heterocycles. The summed E-state index contributed by atoms with van der Waals surface area (Å²) in [6.07, 6.45) is 6.17. The van der Waals surface area contributed by atoms with Crippen LogP contribution in [0.4, 0.5) is 5.13 Å². The Kier molecular flexibility index (Phi) is 7.78. The highest BCUT2D eigenvalue weighted by Gasteiger charge is 2.28. The molecule has 1 aromatic heterocycles. The minimum absolute atomic E-state index is 0.0754. The van der Waals surface area contributed by atoms with Gasteiger partial charge in [0.05, 0.1) is 17.4 Å². The predicted octanol–water partition coefficient (Wildman–Crippen LogP) is 3.60. The van der Waals surface area contributed by atoms with Gasteiger partial charge in [-0.1, -0.05) is 37.8 Å². The van der Waals surface area contributed by atoms with Crippen molar-refractivity contribution in [3.8, 4) is 0 Å². The van der Waals surface area contributed by atoms with E-state index in [1.54, 1.807) is 19.1 Å². The maximum Gasteiger partial charge on any atom is 0.381 e. The Labute approximate surface area is 191 Å². The minimum atomic E-state index is -3.33. The molecular formula is C22H26N2O6S2. The van der Waals surface area contributed by atoms with E-state index in [0.29, 0.717) is 12.3 Å². The summed E-state index contributed by atoms with van der Waals surface area (Å²) in [5.41, 5.74) is 0.648. The molecule has 10 heteroatoms. The van der Waals surface area contributed by atoms with E-state index in [1.807, 2.05) is 0 Å². The number of thiazole rings is 1. The van der Waals surface area contributed by atoms with Crippen molar-refractivity contribution in [3.63, 3.8) is 0 Å². The van der Waals surface area contributed by atoms with Crippen LogP contribution in [0.1, 0.15) is 61.0 Å². The van der Waals surface area contributed by atoms with Gasteiger partial charge in [-0.15, -0.1) is 11.3 Å². The summed E-state index contributed by atoms with van der Waals surface area (Å²) in [6, 6.07) is 6.37. The fraction of sp³-hybridized carbons (Fsp3) is 0.455. The first-order valence-electron chi connectivity index (χ1n) is 10.5. The third-order valence-corrected chi connectivity index (χ3v) is 7.38. The Bertz CT molecular complexity index is 1090. The van der Waals surface area contributed by atoms with Crippen molar-refractivity contribution < 1.29 is 27.5 Å². The molecule has 0 aliphatic heterocycles.